The molecule has 3 N–H and O–H groups in total. The molecular formula is C25H28N4O2S. The molecule has 0 fully saturated rings. The zero-order valence-corrected chi connectivity index (χ0v) is 19.8. The number of aromatic nitrogens is 2. The minimum Gasteiger partial charge on any atom is -0.493 e. The number of hydrogen-bond donors (Lipinski definition) is 2. The Kier molecular flexibility index (Phi) is 6.30. The molecule has 0 aliphatic carbocycles. The Morgan fingerprint density at radius 3 is 2.41 bits per heavy atom. The molecule has 0 aliphatic rings. The molecule has 2 aromatic heterocycles. The van der Waals surface area contributed by atoms with Crippen LogP contribution in [0.2, 0.25) is 0 Å². The van der Waals surface area contributed by atoms with Crippen molar-refractivity contribution in [2.24, 2.45) is 5.73 Å². The third-order valence-electron chi connectivity index (χ3n) is 5.44. The van der Waals surface area contributed by atoms with E-state index in [-0.39, 0.29) is 12.1 Å². The van der Waals surface area contributed by atoms with Gasteiger partial charge < -0.3 is 20.5 Å². The normalized spacial score (nSPS) is 13.1. The first kappa shape index (κ1) is 22.0. The van der Waals surface area contributed by atoms with Gasteiger partial charge in [-0.2, -0.15) is 0 Å². The first-order valence-corrected chi connectivity index (χ1v) is 11.3. The fourth-order valence-corrected chi connectivity index (χ4v) is 4.86. The highest BCUT2D eigenvalue weighted by Gasteiger charge is 2.17. The van der Waals surface area contributed by atoms with E-state index in [9.17, 15) is 0 Å². The van der Waals surface area contributed by atoms with Crippen LogP contribution in [-0.4, -0.2) is 24.2 Å². The second-order valence-electron chi connectivity index (χ2n) is 7.79. The molecule has 4 rings (SSSR count). The predicted molar refractivity (Wildman–Crippen MR) is 132 cm³/mol. The summed E-state index contributed by atoms with van der Waals surface area (Å²) in [6.07, 6.45) is 0. The van der Waals surface area contributed by atoms with E-state index >= 15 is 0 Å². The highest BCUT2D eigenvalue weighted by atomic mass is 32.1. The Morgan fingerprint density at radius 2 is 1.69 bits per heavy atom. The molecule has 2 atom stereocenters. The molecule has 0 saturated carbocycles. The molecule has 0 aliphatic heterocycles. The third-order valence-corrected chi connectivity index (χ3v) is 6.74. The maximum absolute atomic E-state index is 6.19. The number of fused-ring (bicyclic) bond motifs is 1. The molecule has 0 saturated heterocycles. The van der Waals surface area contributed by atoms with Gasteiger partial charge in [0.15, 0.2) is 11.5 Å². The monoisotopic (exact) mass is 448 g/mol. The number of nitrogens with zero attached hydrogens (tertiary/aromatic N) is 2. The fourth-order valence-electron chi connectivity index (χ4n) is 3.81. The minimum absolute atomic E-state index is 0.0189. The van der Waals surface area contributed by atoms with Crippen LogP contribution in [0.25, 0.3) is 21.3 Å². The van der Waals surface area contributed by atoms with Crippen molar-refractivity contribution in [2.45, 2.75) is 32.9 Å². The zero-order valence-electron chi connectivity index (χ0n) is 19.0. The average Bonchev–Trinajstić information content (AvgIpc) is 3.28. The van der Waals surface area contributed by atoms with Crippen molar-refractivity contribution < 1.29 is 9.47 Å². The number of ether oxygens (including phenoxy) is 2. The molecular weight excluding hydrogens is 420 g/mol. The van der Waals surface area contributed by atoms with Crippen molar-refractivity contribution in [2.75, 3.05) is 19.5 Å². The van der Waals surface area contributed by atoms with E-state index in [2.05, 4.69) is 52.5 Å². The molecule has 7 heteroatoms. The maximum atomic E-state index is 6.19. The quantitative estimate of drug-likeness (QED) is 0.368. The first-order valence-electron chi connectivity index (χ1n) is 10.5. The Morgan fingerprint density at radius 1 is 0.969 bits per heavy atom. The summed E-state index contributed by atoms with van der Waals surface area (Å²) in [6.45, 7) is 6.04. The van der Waals surface area contributed by atoms with Gasteiger partial charge in [-0.05, 0) is 50.1 Å². The number of thiophene rings is 1. The van der Waals surface area contributed by atoms with Crippen LogP contribution in [0.3, 0.4) is 0 Å². The van der Waals surface area contributed by atoms with Crippen molar-refractivity contribution in [3.05, 3.63) is 64.8 Å². The van der Waals surface area contributed by atoms with Crippen LogP contribution in [0, 0.1) is 6.92 Å². The third kappa shape index (κ3) is 4.26. The van der Waals surface area contributed by atoms with Gasteiger partial charge in [-0.3, -0.25) is 0 Å². The molecule has 0 radical (unpaired) electrons. The number of anilines is 1. The summed E-state index contributed by atoms with van der Waals surface area (Å²) < 4.78 is 10.9. The largest absolute Gasteiger partial charge is 0.493 e. The van der Waals surface area contributed by atoms with Gasteiger partial charge in [0.2, 0.25) is 0 Å². The van der Waals surface area contributed by atoms with Crippen LogP contribution in [-0.2, 0) is 0 Å². The van der Waals surface area contributed by atoms with Crippen LogP contribution in [0.15, 0.2) is 48.5 Å². The van der Waals surface area contributed by atoms with Crippen molar-refractivity contribution in [1.29, 1.82) is 0 Å². The SMILES string of the molecule is COc1cc2nc(C)nc(NC(C)c3ccc(-c4ccccc4[C@H](C)N)s3)c2cc1OC. The summed E-state index contributed by atoms with van der Waals surface area (Å²) in [5.41, 5.74) is 9.34. The number of aryl methyl sites for hydroxylation is 1. The predicted octanol–water partition coefficient (Wildman–Crippen LogP) is 5.88. The number of nitrogens with one attached hydrogen (secondary N) is 1. The summed E-state index contributed by atoms with van der Waals surface area (Å²) in [6, 6.07) is 16.5. The maximum Gasteiger partial charge on any atom is 0.162 e. The summed E-state index contributed by atoms with van der Waals surface area (Å²) in [7, 11) is 3.25. The molecule has 4 aromatic rings. The van der Waals surface area contributed by atoms with Crippen molar-refractivity contribution >= 4 is 28.1 Å². The van der Waals surface area contributed by atoms with Crippen LogP contribution < -0.4 is 20.5 Å². The zero-order chi connectivity index (χ0) is 22.8. The van der Waals surface area contributed by atoms with Gasteiger partial charge in [-0.25, -0.2) is 9.97 Å². The van der Waals surface area contributed by atoms with Gasteiger partial charge >= 0.3 is 0 Å². The second-order valence-corrected chi connectivity index (χ2v) is 8.90. The Bertz CT molecular complexity index is 1250. The second kappa shape index (κ2) is 9.14. The lowest BCUT2D eigenvalue weighted by atomic mass is 10.0. The lowest BCUT2D eigenvalue weighted by molar-refractivity contribution is 0.356. The standard InChI is InChI=1S/C25H28N4O2S/c1-14(26)17-8-6-7-9-18(17)24-11-10-23(32-24)15(2)27-25-19-12-21(30-4)22(31-5)13-20(19)28-16(3)29-25/h6-15H,26H2,1-5H3,(H,27,28,29)/t14-,15?/m0/s1. The topological polar surface area (TPSA) is 82.3 Å². The van der Waals surface area contributed by atoms with E-state index in [4.69, 9.17) is 15.2 Å². The summed E-state index contributed by atoms with van der Waals surface area (Å²) in [4.78, 5) is 11.7. The average molecular weight is 449 g/mol. The number of methoxy groups -OCH3 is 2. The van der Waals surface area contributed by atoms with Gasteiger partial charge in [0, 0.05) is 27.2 Å². The molecule has 2 heterocycles. The summed E-state index contributed by atoms with van der Waals surface area (Å²) in [5.74, 6) is 2.76. The highest BCUT2D eigenvalue weighted by molar-refractivity contribution is 7.15. The number of nitrogens with two attached hydrogens (primary N) is 1. The van der Waals surface area contributed by atoms with Crippen molar-refractivity contribution in [1.82, 2.24) is 9.97 Å². The molecule has 0 bridgehead atoms. The molecule has 0 amide bonds. The van der Waals surface area contributed by atoms with Gasteiger partial charge in [0.25, 0.3) is 0 Å². The fraction of sp³-hybridized carbons (Fsp3) is 0.280. The van der Waals surface area contributed by atoms with Gasteiger partial charge in [0.05, 0.1) is 25.8 Å². The lowest BCUT2D eigenvalue weighted by Gasteiger charge is -2.17. The van der Waals surface area contributed by atoms with Crippen LogP contribution in [0.4, 0.5) is 5.82 Å². The van der Waals surface area contributed by atoms with E-state index in [0.717, 1.165) is 22.3 Å². The molecule has 6 nitrogen and oxygen atoms in total. The highest BCUT2D eigenvalue weighted by Crippen LogP contribution is 2.38. The van der Waals surface area contributed by atoms with Crippen molar-refractivity contribution in [3.63, 3.8) is 0 Å². The van der Waals surface area contributed by atoms with E-state index in [1.54, 1.807) is 25.6 Å². The van der Waals surface area contributed by atoms with Gasteiger partial charge in [-0.15, -0.1) is 11.3 Å². The van der Waals surface area contributed by atoms with E-state index < -0.39 is 0 Å². The molecule has 0 spiro atoms. The van der Waals surface area contributed by atoms with Crippen LogP contribution in [0.5, 0.6) is 11.5 Å². The molecule has 1 unspecified atom stereocenters. The summed E-state index contributed by atoms with van der Waals surface area (Å²) >= 11 is 1.76. The Balaban J connectivity index is 1.67. The van der Waals surface area contributed by atoms with E-state index in [1.165, 1.54) is 15.3 Å². The molecule has 32 heavy (non-hydrogen) atoms. The van der Waals surface area contributed by atoms with Crippen LogP contribution >= 0.6 is 11.3 Å². The summed E-state index contributed by atoms with van der Waals surface area (Å²) in [5, 5.41) is 4.46. The van der Waals surface area contributed by atoms with E-state index in [0.29, 0.717) is 17.3 Å². The molecule has 2 aromatic carbocycles. The van der Waals surface area contributed by atoms with Crippen LogP contribution in [0.1, 0.15) is 42.2 Å². The lowest BCUT2D eigenvalue weighted by Crippen LogP contribution is -2.08. The number of hydrogen-bond acceptors (Lipinski definition) is 7. The number of rotatable bonds is 7. The Labute approximate surface area is 192 Å². The van der Waals surface area contributed by atoms with Gasteiger partial charge in [0.1, 0.15) is 11.6 Å². The van der Waals surface area contributed by atoms with Crippen molar-refractivity contribution in [3.8, 4) is 21.9 Å². The number of benzene rings is 2. The molecule has 166 valence electrons. The Hall–Kier alpha value is -3.16. The van der Waals surface area contributed by atoms with E-state index in [1.807, 2.05) is 32.0 Å². The smallest absolute Gasteiger partial charge is 0.162 e. The first-order chi connectivity index (χ1) is 15.4. The van der Waals surface area contributed by atoms with Gasteiger partial charge in [-0.1, -0.05) is 24.3 Å². The minimum atomic E-state index is -0.0189.